The Bertz CT molecular complexity index is 340. The third kappa shape index (κ3) is 2.72. The number of epoxide rings is 1. The molecule has 1 aliphatic heterocycles. The van der Waals surface area contributed by atoms with Crippen LogP contribution in [0.15, 0.2) is 18.2 Å². The molecule has 1 aromatic carbocycles. The molecule has 0 aromatic heterocycles. The highest BCUT2D eigenvalue weighted by Crippen LogP contribution is 2.25. The van der Waals surface area contributed by atoms with E-state index in [2.05, 4.69) is 39.0 Å². The first-order valence-electron chi connectivity index (χ1n) is 5.52. The molecular formula is C13H18O2. The van der Waals surface area contributed by atoms with E-state index in [4.69, 9.17) is 9.47 Å². The predicted octanol–water partition coefficient (Wildman–Crippen LogP) is 2.90. The summed E-state index contributed by atoms with van der Waals surface area (Å²) in [5.74, 6) is 1.54. The lowest BCUT2D eigenvalue weighted by atomic mass is 10.0. The molecule has 0 saturated carbocycles. The first kappa shape index (κ1) is 10.5. The molecule has 1 aliphatic rings. The van der Waals surface area contributed by atoms with Gasteiger partial charge in [-0.2, -0.15) is 0 Å². The Labute approximate surface area is 91.2 Å². The average molecular weight is 206 g/mol. The van der Waals surface area contributed by atoms with Crippen molar-refractivity contribution in [2.45, 2.75) is 32.8 Å². The van der Waals surface area contributed by atoms with Crippen LogP contribution < -0.4 is 4.74 Å². The fraction of sp³-hybridized carbons (Fsp3) is 0.538. The molecular weight excluding hydrogens is 188 g/mol. The molecule has 82 valence electrons. The van der Waals surface area contributed by atoms with Crippen LogP contribution in [0.25, 0.3) is 0 Å². The van der Waals surface area contributed by atoms with E-state index in [9.17, 15) is 0 Å². The SMILES string of the molecule is Cc1ccc(C(C)C)cc1OCC1CO1. The third-order valence-corrected chi connectivity index (χ3v) is 2.71. The van der Waals surface area contributed by atoms with Crippen LogP contribution in [0, 0.1) is 6.92 Å². The van der Waals surface area contributed by atoms with Crippen LogP contribution in [0.5, 0.6) is 5.75 Å². The van der Waals surface area contributed by atoms with Crippen molar-refractivity contribution in [2.24, 2.45) is 0 Å². The van der Waals surface area contributed by atoms with Crippen molar-refractivity contribution < 1.29 is 9.47 Å². The molecule has 2 nitrogen and oxygen atoms in total. The molecule has 0 N–H and O–H groups in total. The van der Waals surface area contributed by atoms with Crippen LogP contribution in [-0.2, 0) is 4.74 Å². The van der Waals surface area contributed by atoms with Crippen molar-refractivity contribution in [1.29, 1.82) is 0 Å². The highest BCUT2D eigenvalue weighted by Gasteiger charge is 2.23. The number of rotatable bonds is 4. The Morgan fingerprint density at radius 2 is 2.20 bits per heavy atom. The van der Waals surface area contributed by atoms with E-state index in [0.717, 1.165) is 12.4 Å². The summed E-state index contributed by atoms with van der Waals surface area (Å²) in [6, 6.07) is 6.43. The maximum Gasteiger partial charge on any atom is 0.122 e. The van der Waals surface area contributed by atoms with Crippen LogP contribution in [0.1, 0.15) is 30.9 Å². The maximum atomic E-state index is 5.73. The lowest BCUT2D eigenvalue weighted by Gasteiger charge is -2.11. The van der Waals surface area contributed by atoms with Crippen molar-refractivity contribution in [3.8, 4) is 5.75 Å². The van der Waals surface area contributed by atoms with Gasteiger partial charge in [0.1, 0.15) is 18.5 Å². The number of ether oxygens (including phenoxy) is 2. The van der Waals surface area contributed by atoms with Crippen molar-refractivity contribution in [3.05, 3.63) is 29.3 Å². The van der Waals surface area contributed by atoms with Crippen LogP contribution >= 0.6 is 0 Å². The van der Waals surface area contributed by atoms with Gasteiger partial charge < -0.3 is 9.47 Å². The molecule has 0 spiro atoms. The minimum Gasteiger partial charge on any atom is -0.491 e. The Hall–Kier alpha value is -1.02. The Kier molecular flexibility index (Phi) is 2.96. The first-order valence-corrected chi connectivity index (χ1v) is 5.52. The third-order valence-electron chi connectivity index (χ3n) is 2.71. The van der Waals surface area contributed by atoms with Crippen LogP contribution in [0.3, 0.4) is 0 Å². The van der Waals surface area contributed by atoms with Gasteiger partial charge in [0.2, 0.25) is 0 Å². The fourth-order valence-electron chi connectivity index (χ4n) is 1.48. The Morgan fingerprint density at radius 3 is 2.80 bits per heavy atom. The molecule has 0 aliphatic carbocycles. The summed E-state index contributed by atoms with van der Waals surface area (Å²) in [6.45, 7) is 8.00. The number of hydrogen-bond acceptors (Lipinski definition) is 2. The van der Waals surface area contributed by atoms with Crippen molar-refractivity contribution in [2.75, 3.05) is 13.2 Å². The highest BCUT2D eigenvalue weighted by atomic mass is 16.6. The van der Waals surface area contributed by atoms with Crippen LogP contribution in [-0.4, -0.2) is 19.3 Å². The summed E-state index contributed by atoms with van der Waals surface area (Å²) in [5, 5.41) is 0. The molecule has 1 saturated heterocycles. The number of aryl methyl sites for hydroxylation is 1. The second kappa shape index (κ2) is 4.23. The normalized spacial score (nSPS) is 19.3. The van der Waals surface area contributed by atoms with E-state index >= 15 is 0 Å². The van der Waals surface area contributed by atoms with Crippen molar-refractivity contribution in [1.82, 2.24) is 0 Å². The highest BCUT2D eigenvalue weighted by molar-refractivity contribution is 5.37. The molecule has 1 heterocycles. The number of benzene rings is 1. The average Bonchev–Trinajstić information content (AvgIpc) is 3.00. The summed E-state index contributed by atoms with van der Waals surface area (Å²) in [7, 11) is 0. The van der Waals surface area contributed by atoms with Gasteiger partial charge in [-0.3, -0.25) is 0 Å². The molecule has 15 heavy (non-hydrogen) atoms. The van der Waals surface area contributed by atoms with E-state index < -0.39 is 0 Å². The van der Waals surface area contributed by atoms with Gasteiger partial charge in [0, 0.05) is 0 Å². The van der Waals surface area contributed by atoms with Crippen LogP contribution in [0.2, 0.25) is 0 Å². The summed E-state index contributed by atoms with van der Waals surface area (Å²) in [4.78, 5) is 0. The first-order chi connectivity index (χ1) is 7.16. The minimum atomic E-state index is 0.326. The van der Waals surface area contributed by atoms with Gasteiger partial charge in [-0.25, -0.2) is 0 Å². The van der Waals surface area contributed by atoms with Gasteiger partial charge in [-0.15, -0.1) is 0 Å². The largest absolute Gasteiger partial charge is 0.491 e. The lowest BCUT2D eigenvalue weighted by Crippen LogP contribution is -2.05. The molecule has 1 aromatic rings. The molecule has 2 rings (SSSR count). The molecule has 1 atom stereocenters. The molecule has 1 fully saturated rings. The molecule has 1 unspecified atom stereocenters. The zero-order chi connectivity index (χ0) is 10.8. The molecule has 0 radical (unpaired) electrons. The standard InChI is InChI=1S/C13H18O2/c1-9(2)11-5-4-10(3)13(6-11)15-8-12-7-14-12/h4-6,9,12H,7-8H2,1-3H3. The van der Waals surface area contributed by atoms with Gasteiger partial charge in [-0.1, -0.05) is 26.0 Å². The zero-order valence-corrected chi connectivity index (χ0v) is 9.62. The van der Waals surface area contributed by atoms with Gasteiger partial charge in [-0.05, 0) is 30.0 Å². The minimum absolute atomic E-state index is 0.326. The van der Waals surface area contributed by atoms with E-state index in [-0.39, 0.29) is 0 Å². The van der Waals surface area contributed by atoms with Gasteiger partial charge in [0.05, 0.1) is 6.61 Å². The van der Waals surface area contributed by atoms with Crippen molar-refractivity contribution in [3.63, 3.8) is 0 Å². The van der Waals surface area contributed by atoms with Crippen LogP contribution in [0.4, 0.5) is 0 Å². The topological polar surface area (TPSA) is 21.8 Å². The van der Waals surface area contributed by atoms with Crippen molar-refractivity contribution >= 4 is 0 Å². The molecule has 2 heteroatoms. The fourth-order valence-corrected chi connectivity index (χ4v) is 1.48. The number of hydrogen-bond donors (Lipinski definition) is 0. The van der Waals surface area contributed by atoms with Gasteiger partial charge in [0.15, 0.2) is 0 Å². The lowest BCUT2D eigenvalue weighted by molar-refractivity contribution is 0.261. The summed E-state index contributed by atoms with van der Waals surface area (Å²) in [5.41, 5.74) is 2.52. The molecule has 0 bridgehead atoms. The zero-order valence-electron chi connectivity index (χ0n) is 9.62. The smallest absolute Gasteiger partial charge is 0.122 e. The summed E-state index contributed by atoms with van der Waals surface area (Å²) < 4.78 is 10.8. The monoisotopic (exact) mass is 206 g/mol. The molecule has 0 amide bonds. The van der Waals surface area contributed by atoms with E-state index in [1.165, 1.54) is 11.1 Å². The second-order valence-corrected chi connectivity index (χ2v) is 4.45. The Balaban J connectivity index is 2.08. The second-order valence-electron chi connectivity index (χ2n) is 4.45. The van der Waals surface area contributed by atoms with E-state index in [1.807, 2.05) is 0 Å². The quantitative estimate of drug-likeness (QED) is 0.706. The summed E-state index contributed by atoms with van der Waals surface area (Å²) in [6.07, 6.45) is 0.326. The van der Waals surface area contributed by atoms with Gasteiger partial charge >= 0.3 is 0 Å². The summed E-state index contributed by atoms with van der Waals surface area (Å²) >= 11 is 0. The maximum absolute atomic E-state index is 5.73. The van der Waals surface area contributed by atoms with E-state index in [1.54, 1.807) is 0 Å². The Morgan fingerprint density at radius 1 is 1.47 bits per heavy atom. The predicted molar refractivity (Wildman–Crippen MR) is 60.5 cm³/mol. The van der Waals surface area contributed by atoms with Gasteiger partial charge in [0.25, 0.3) is 0 Å². The van der Waals surface area contributed by atoms with E-state index in [0.29, 0.717) is 18.6 Å².